The number of nitro benzene ring substituents is 1. The SMILES string of the molecule is Cc1ccc(C)n1-c1ccc(OCc2ccc(C(=O)N/N=C/c3cc(Cl)cc([N+](=O)[O-])c3OCC(=O)OC(C)C)o2)cc1. The van der Waals surface area contributed by atoms with Crippen LogP contribution in [-0.4, -0.2) is 40.3 Å². The fraction of sp³-hybridized carbons (Fsp3) is 0.233. The van der Waals surface area contributed by atoms with Crippen molar-refractivity contribution < 1.29 is 33.1 Å². The first-order chi connectivity index (χ1) is 20.5. The Morgan fingerprint density at radius 1 is 1.07 bits per heavy atom. The van der Waals surface area contributed by atoms with E-state index in [4.69, 9.17) is 30.2 Å². The number of rotatable bonds is 12. The number of ether oxygens (including phenoxy) is 3. The van der Waals surface area contributed by atoms with Gasteiger partial charge >= 0.3 is 17.6 Å². The van der Waals surface area contributed by atoms with Crippen LogP contribution in [0.5, 0.6) is 11.5 Å². The second-order valence-electron chi connectivity index (χ2n) is 9.63. The summed E-state index contributed by atoms with van der Waals surface area (Å²) in [6.45, 7) is 6.90. The van der Waals surface area contributed by atoms with Crippen LogP contribution in [0.1, 0.15) is 47.1 Å². The molecule has 0 fully saturated rings. The van der Waals surface area contributed by atoms with Gasteiger partial charge in [0.25, 0.3) is 0 Å². The second kappa shape index (κ2) is 13.7. The fourth-order valence-corrected chi connectivity index (χ4v) is 4.35. The van der Waals surface area contributed by atoms with Gasteiger partial charge in [0.1, 0.15) is 18.1 Å². The van der Waals surface area contributed by atoms with Gasteiger partial charge in [0.2, 0.25) is 5.75 Å². The summed E-state index contributed by atoms with van der Waals surface area (Å²) in [6, 6.07) is 17.2. The lowest BCUT2D eigenvalue weighted by atomic mass is 10.2. The van der Waals surface area contributed by atoms with Crippen LogP contribution in [0.4, 0.5) is 5.69 Å². The molecule has 1 amide bonds. The van der Waals surface area contributed by atoms with Gasteiger partial charge in [0.05, 0.1) is 17.2 Å². The number of carbonyl (C=O) groups excluding carboxylic acids is 2. The number of nitrogens with one attached hydrogen (secondary N) is 1. The van der Waals surface area contributed by atoms with Crippen molar-refractivity contribution in [2.45, 2.75) is 40.4 Å². The number of carbonyl (C=O) groups is 2. The van der Waals surface area contributed by atoms with Crippen molar-refractivity contribution in [1.82, 2.24) is 9.99 Å². The number of amides is 1. The van der Waals surface area contributed by atoms with Crippen molar-refractivity contribution in [3.63, 3.8) is 0 Å². The number of esters is 1. The number of aryl methyl sites for hydroxylation is 2. The molecule has 1 N–H and O–H groups in total. The normalized spacial score (nSPS) is 11.1. The Kier molecular flexibility index (Phi) is 9.83. The minimum atomic E-state index is -0.716. The topological polar surface area (TPSA) is 147 Å². The average molecular weight is 609 g/mol. The third-order valence-electron chi connectivity index (χ3n) is 5.96. The van der Waals surface area contributed by atoms with Gasteiger partial charge in [0, 0.05) is 33.7 Å². The van der Waals surface area contributed by atoms with Crippen molar-refractivity contribution in [3.05, 3.63) is 104 Å². The molecule has 0 saturated heterocycles. The van der Waals surface area contributed by atoms with Crippen LogP contribution in [0.15, 0.2) is 70.2 Å². The molecule has 13 heteroatoms. The summed E-state index contributed by atoms with van der Waals surface area (Å²) < 4.78 is 23.9. The van der Waals surface area contributed by atoms with Gasteiger partial charge < -0.3 is 23.2 Å². The molecule has 0 saturated carbocycles. The Morgan fingerprint density at radius 3 is 2.42 bits per heavy atom. The maximum absolute atomic E-state index is 12.6. The highest BCUT2D eigenvalue weighted by molar-refractivity contribution is 6.31. The highest BCUT2D eigenvalue weighted by Gasteiger charge is 2.22. The molecular formula is C30H29ClN4O8. The lowest BCUT2D eigenvalue weighted by molar-refractivity contribution is -0.385. The number of furan rings is 1. The highest BCUT2D eigenvalue weighted by Crippen LogP contribution is 2.34. The first kappa shape index (κ1) is 30.8. The Labute approximate surface area is 252 Å². The Hall–Kier alpha value is -5.10. The second-order valence-corrected chi connectivity index (χ2v) is 10.1. The molecule has 12 nitrogen and oxygen atoms in total. The number of hydrogen-bond donors (Lipinski definition) is 1. The summed E-state index contributed by atoms with van der Waals surface area (Å²) in [6.07, 6.45) is 0.713. The monoisotopic (exact) mass is 608 g/mol. The molecule has 0 radical (unpaired) electrons. The minimum absolute atomic E-state index is 0.0249. The van der Waals surface area contributed by atoms with Gasteiger partial charge in [-0.3, -0.25) is 14.9 Å². The zero-order chi connectivity index (χ0) is 31.1. The van der Waals surface area contributed by atoms with Crippen LogP contribution in [0.25, 0.3) is 5.69 Å². The van der Waals surface area contributed by atoms with Gasteiger partial charge in [-0.15, -0.1) is 0 Å². The number of hydrazone groups is 1. The molecule has 0 bridgehead atoms. The predicted molar refractivity (Wildman–Crippen MR) is 158 cm³/mol. The average Bonchev–Trinajstić information content (AvgIpc) is 3.57. The van der Waals surface area contributed by atoms with Crippen LogP contribution < -0.4 is 14.9 Å². The first-order valence-corrected chi connectivity index (χ1v) is 13.5. The summed E-state index contributed by atoms with van der Waals surface area (Å²) >= 11 is 6.03. The van der Waals surface area contributed by atoms with Gasteiger partial charge in [-0.1, -0.05) is 11.6 Å². The number of halogens is 1. The molecule has 2 aromatic heterocycles. The maximum Gasteiger partial charge on any atom is 0.344 e. The molecule has 2 heterocycles. The van der Waals surface area contributed by atoms with E-state index in [1.54, 1.807) is 19.9 Å². The molecule has 2 aromatic carbocycles. The molecule has 43 heavy (non-hydrogen) atoms. The van der Waals surface area contributed by atoms with Gasteiger partial charge in [0.15, 0.2) is 12.4 Å². The van der Waals surface area contributed by atoms with E-state index in [0.29, 0.717) is 11.5 Å². The number of aromatic nitrogens is 1. The third-order valence-corrected chi connectivity index (χ3v) is 6.18. The van der Waals surface area contributed by atoms with Crippen LogP contribution in [0.2, 0.25) is 5.02 Å². The van der Waals surface area contributed by atoms with Crippen molar-refractivity contribution in [2.75, 3.05) is 6.61 Å². The number of benzene rings is 2. The van der Waals surface area contributed by atoms with E-state index in [9.17, 15) is 19.7 Å². The fourth-order valence-electron chi connectivity index (χ4n) is 4.13. The standard InChI is InChI=1S/C30H29ClN4O8/c1-18(2)42-28(36)17-41-29-21(13-22(31)14-26(29)35(38)39)15-32-33-30(37)27-12-11-25(43-27)16-40-24-9-7-23(8-10-24)34-19(3)5-6-20(34)4/h5-15,18H,16-17H2,1-4H3,(H,33,37)/b32-15+. The van der Waals surface area contributed by atoms with E-state index >= 15 is 0 Å². The summed E-state index contributed by atoms with van der Waals surface area (Å²) in [5, 5.41) is 15.4. The summed E-state index contributed by atoms with van der Waals surface area (Å²) in [5.41, 5.74) is 5.12. The number of nitrogens with zero attached hydrogens (tertiary/aromatic N) is 3. The van der Waals surface area contributed by atoms with Crippen LogP contribution in [0.3, 0.4) is 0 Å². The van der Waals surface area contributed by atoms with Crippen molar-refractivity contribution in [2.24, 2.45) is 5.10 Å². The Balaban J connectivity index is 1.37. The Morgan fingerprint density at radius 2 is 1.77 bits per heavy atom. The first-order valence-electron chi connectivity index (χ1n) is 13.1. The van der Waals surface area contributed by atoms with E-state index in [0.717, 1.165) is 29.4 Å². The summed E-state index contributed by atoms with van der Waals surface area (Å²) in [7, 11) is 0. The van der Waals surface area contributed by atoms with E-state index in [1.165, 1.54) is 12.1 Å². The highest BCUT2D eigenvalue weighted by atomic mass is 35.5. The maximum atomic E-state index is 12.6. The van der Waals surface area contributed by atoms with E-state index in [-0.39, 0.29) is 28.7 Å². The van der Waals surface area contributed by atoms with E-state index in [2.05, 4.69) is 27.2 Å². The Bertz CT molecular complexity index is 1640. The molecule has 4 aromatic rings. The lowest BCUT2D eigenvalue weighted by Crippen LogP contribution is -2.20. The number of hydrogen-bond acceptors (Lipinski definition) is 9. The predicted octanol–water partition coefficient (Wildman–Crippen LogP) is 5.92. The third kappa shape index (κ3) is 8.01. The van der Waals surface area contributed by atoms with Gasteiger partial charge in [-0.25, -0.2) is 10.2 Å². The van der Waals surface area contributed by atoms with E-state index in [1.807, 2.05) is 38.1 Å². The van der Waals surface area contributed by atoms with Crippen molar-refractivity contribution >= 4 is 35.4 Å². The quantitative estimate of drug-likeness (QED) is 0.0901. The number of nitro groups is 1. The van der Waals surface area contributed by atoms with Gasteiger partial charge in [-0.05, 0) is 82.3 Å². The van der Waals surface area contributed by atoms with E-state index < -0.39 is 35.2 Å². The van der Waals surface area contributed by atoms with Crippen LogP contribution in [-0.2, 0) is 16.1 Å². The smallest absolute Gasteiger partial charge is 0.344 e. The summed E-state index contributed by atoms with van der Waals surface area (Å²) in [5.74, 6) is -0.656. The molecule has 0 aliphatic rings. The molecule has 0 unspecified atom stereocenters. The molecule has 0 atom stereocenters. The zero-order valence-electron chi connectivity index (χ0n) is 23.8. The molecule has 0 aliphatic carbocycles. The largest absolute Gasteiger partial charge is 0.486 e. The molecule has 4 rings (SSSR count). The van der Waals surface area contributed by atoms with Crippen molar-refractivity contribution in [1.29, 1.82) is 0 Å². The van der Waals surface area contributed by atoms with Crippen molar-refractivity contribution in [3.8, 4) is 17.2 Å². The molecule has 0 aliphatic heterocycles. The summed E-state index contributed by atoms with van der Waals surface area (Å²) in [4.78, 5) is 35.3. The van der Waals surface area contributed by atoms with Crippen LogP contribution >= 0.6 is 11.6 Å². The van der Waals surface area contributed by atoms with Gasteiger partial charge in [-0.2, -0.15) is 5.10 Å². The van der Waals surface area contributed by atoms with Crippen LogP contribution in [0, 0.1) is 24.0 Å². The molecular weight excluding hydrogens is 580 g/mol. The zero-order valence-corrected chi connectivity index (χ0v) is 24.6. The molecule has 0 spiro atoms. The lowest BCUT2D eigenvalue weighted by Gasteiger charge is -2.11. The minimum Gasteiger partial charge on any atom is -0.486 e. The molecule has 224 valence electrons.